The molecule has 1 unspecified atom stereocenters. The van der Waals surface area contributed by atoms with Gasteiger partial charge in [0.1, 0.15) is 17.4 Å². The second kappa shape index (κ2) is 8.62. The molecule has 1 amide bonds. The van der Waals surface area contributed by atoms with E-state index in [1.165, 1.54) is 30.2 Å². The van der Waals surface area contributed by atoms with Crippen LogP contribution in [0.4, 0.5) is 5.69 Å². The molecule has 3 rings (SSSR count). The lowest BCUT2D eigenvalue weighted by molar-refractivity contribution is -0.117. The average Bonchev–Trinajstić information content (AvgIpc) is 2.69. The molecular weight excluding hydrogens is 350 g/mol. The van der Waals surface area contributed by atoms with Crippen molar-refractivity contribution >= 4 is 11.6 Å². The maximum Gasteiger partial charge on any atom is 0.263 e. The van der Waals surface area contributed by atoms with E-state index in [0.717, 1.165) is 24.0 Å². The van der Waals surface area contributed by atoms with E-state index in [0.29, 0.717) is 5.69 Å². The number of carbonyl (C=O) groups is 1. The minimum absolute atomic E-state index is 0.0511. The topological polar surface area (TPSA) is 85.2 Å². The Morgan fingerprint density at radius 2 is 1.93 bits per heavy atom. The highest BCUT2D eigenvalue weighted by Gasteiger charge is 2.16. The van der Waals surface area contributed by atoms with Gasteiger partial charge in [0.05, 0.1) is 11.7 Å². The van der Waals surface area contributed by atoms with Crippen LogP contribution in [0, 0.1) is 18.3 Å². The molecule has 0 radical (unpaired) electrons. The van der Waals surface area contributed by atoms with Gasteiger partial charge in [0, 0.05) is 6.20 Å². The highest BCUT2D eigenvalue weighted by Crippen LogP contribution is 2.25. The first-order chi connectivity index (χ1) is 13.5. The van der Waals surface area contributed by atoms with E-state index in [1.807, 2.05) is 32.0 Å². The Hall–Kier alpha value is -3.26. The molecule has 0 spiro atoms. The van der Waals surface area contributed by atoms with Gasteiger partial charge in [0.25, 0.3) is 5.91 Å². The number of phenols is 1. The van der Waals surface area contributed by atoms with Crippen molar-refractivity contribution in [1.29, 1.82) is 5.26 Å². The molecule has 0 aliphatic heterocycles. The first-order valence-corrected chi connectivity index (χ1v) is 9.57. The summed E-state index contributed by atoms with van der Waals surface area (Å²) in [5.41, 5.74) is 5.10. The summed E-state index contributed by atoms with van der Waals surface area (Å²) in [5, 5.41) is 25.0. The van der Waals surface area contributed by atoms with Crippen molar-refractivity contribution in [3.63, 3.8) is 0 Å². The third kappa shape index (κ3) is 4.52. The highest BCUT2D eigenvalue weighted by atomic mass is 16.3. The first-order valence-electron chi connectivity index (χ1n) is 9.57. The van der Waals surface area contributed by atoms with Crippen LogP contribution >= 0.6 is 0 Å². The fourth-order valence-corrected chi connectivity index (χ4v) is 3.44. The summed E-state index contributed by atoms with van der Waals surface area (Å²) >= 11 is 0. The Labute approximate surface area is 165 Å². The summed E-state index contributed by atoms with van der Waals surface area (Å²) in [7, 11) is 0. The van der Waals surface area contributed by atoms with E-state index in [4.69, 9.17) is 0 Å². The zero-order chi connectivity index (χ0) is 20.1. The lowest BCUT2D eigenvalue weighted by atomic mass is 9.89. The van der Waals surface area contributed by atoms with Crippen molar-refractivity contribution in [3.05, 3.63) is 70.4 Å². The molecule has 3 N–H and O–H groups in total. The van der Waals surface area contributed by atoms with Crippen LogP contribution in [0.2, 0.25) is 0 Å². The number of rotatable bonds is 5. The van der Waals surface area contributed by atoms with Crippen molar-refractivity contribution in [2.24, 2.45) is 0 Å². The molecule has 28 heavy (non-hydrogen) atoms. The predicted octanol–water partition coefficient (Wildman–Crippen LogP) is 4.28. The van der Waals surface area contributed by atoms with Crippen molar-refractivity contribution in [2.45, 2.75) is 45.6 Å². The van der Waals surface area contributed by atoms with Crippen LogP contribution in [-0.2, 0) is 17.6 Å². The number of hydrogen-bond donors (Lipinski definition) is 3. The van der Waals surface area contributed by atoms with Gasteiger partial charge < -0.3 is 15.7 Å². The molecule has 0 aromatic heterocycles. The summed E-state index contributed by atoms with van der Waals surface area (Å²) < 4.78 is 0. The lowest BCUT2D eigenvalue weighted by Crippen LogP contribution is -2.28. The Morgan fingerprint density at radius 3 is 2.64 bits per heavy atom. The average molecular weight is 375 g/mol. The Bertz CT molecular complexity index is 957. The largest absolute Gasteiger partial charge is 0.506 e. The Kier molecular flexibility index (Phi) is 6.00. The number of carbonyl (C=O) groups excluding carboxylic acids is 1. The van der Waals surface area contributed by atoms with Crippen molar-refractivity contribution < 1.29 is 9.90 Å². The fourth-order valence-electron chi connectivity index (χ4n) is 3.44. The van der Waals surface area contributed by atoms with Gasteiger partial charge in [-0.15, -0.1) is 0 Å². The quantitative estimate of drug-likeness (QED) is 0.414. The summed E-state index contributed by atoms with van der Waals surface area (Å²) in [6, 6.07) is 13.2. The summed E-state index contributed by atoms with van der Waals surface area (Å²) in [6.07, 6.45) is 5.96. The van der Waals surface area contributed by atoms with E-state index < -0.39 is 5.91 Å². The van der Waals surface area contributed by atoms with Crippen LogP contribution in [0.3, 0.4) is 0 Å². The van der Waals surface area contributed by atoms with Gasteiger partial charge in [-0.1, -0.05) is 24.3 Å². The molecule has 0 heterocycles. The van der Waals surface area contributed by atoms with Gasteiger partial charge >= 0.3 is 0 Å². The minimum Gasteiger partial charge on any atom is -0.506 e. The Balaban J connectivity index is 1.68. The highest BCUT2D eigenvalue weighted by molar-refractivity contribution is 5.97. The first kappa shape index (κ1) is 19.5. The molecule has 1 aliphatic rings. The zero-order valence-corrected chi connectivity index (χ0v) is 16.2. The number of benzene rings is 2. The molecule has 2 aromatic rings. The van der Waals surface area contributed by atoms with E-state index >= 15 is 0 Å². The molecular formula is C23H25N3O2. The number of aromatic hydroxyl groups is 1. The molecule has 5 heteroatoms. The third-order valence-corrected chi connectivity index (χ3v) is 5.11. The van der Waals surface area contributed by atoms with Gasteiger partial charge in [0.15, 0.2) is 0 Å². The number of nitrogens with zero attached hydrogens (tertiary/aromatic N) is 1. The van der Waals surface area contributed by atoms with Gasteiger partial charge in [-0.3, -0.25) is 4.79 Å². The molecule has 1 atom stereocenters. The maximum atomic E-state index is 12.5. The number of amides is 1. The predicted molar refractivity (Wildman–Crippen MR) is 110 cm³/mol. The van der Waals surface area contributed by atoms with Crippen LogP contribution in [-0.4, -0.2) is 11.0 Å². The van der Waals surface area contributed by atoms with Gasteiger partial charge in [-0.25, -0.2) is 0 Å². The number of phenolic OH excluding ortho intramolecular Hbond substituents is 1. The van der Waals surface area contributed by atoms with E-state index in [1.54, 1.807) is 12.1 Å². The Morgan fingerprint density at radius 1 is 1.18 bits per heavy atom. The van der Waals surface area contributed by atoms with Crippen molar-refractivity contribution in [2.75, 3.05) is 5.32 Å². The number of nitrogens with one attached hydrogen (secondary N) is 2. The molecule has 0 saturated heterocycles. The van der Waals surface area contributed by atoms with Crippen LogP contribution < -0.4 is 10.6 Å². The minimum atomic E-state index is -0.452. The normalized spacial score (nSPS) is 14.5. The third-order valence-electron chi connectivity index (χ3n) is 5.11. The maximum absolute atomic E-state index is 12.5. The number of nitriles is 1. The van der Waals surface area contributed by atoms with Crippen LogP contribution in [0.25, 0.3) is 0 Å². The molecule has 0 saturated carbocycles. The standard InChI is InChI=1S/C23H25N3O2/c1-15-7-10-21(22(27)11-15)25-14-20(13-24)23(28)26-16(2)18-9-8-17-5-3-4-6-19(17)12-18/h7-12,14,16,25,27H,3-6H2,1-2H3,(H,26,28)/b20-14-. The zero-order valence-electron chi connectivity index (χ0n) is 16.2. The lowest BCUT2D eigenvalue weighted by Gasteiger charge is -2.20. The fraction of sp³-hybridized carbons (Fsp3) is 0.304. The van der Waals surface area contributed by atoms with Gasteiger partial charge in [-0.05, 0) is 73.9 Å². The number of aryl methyl sites for hydroxylation is 3. The smallest absolute Gasteiger partial charge is 0.263 e. The molecule has 2 aromatic carbocycles. The second-order valence-electron chi connectivity index (χ2n) is 7.27. The van der Waals surface area contributed by atoms with E-state index in [2.05, 4.69) is 22.8 Å². The van der Waals surface area contributed by atoms with Crippen molar-refractivity contribution in [1.82, 2.24) is 5.32 Å². The van der Waals surface area contributed by atoms with Gasteiger partial charge in [0.2, 0.25) is 0 Å². The summed E-state index contributed by atoms with van der Waals surface area (Å²) in [4.78, 5) is 12.5. The van der Waals surface area contributed by atoms with Crippen LogP contribution in [0.5, 0.6) is 5.75 Å². The van der Waals surface area contributed by atoms with Gasteiger partial charge in [-0.2, -0.15) is 5.26 Å². The van der Waals surface area contributed by atoms with Crippen LogP contribution in [0.1, 0.15) is 48.1 Å². The monoisotopic (exact) mass is 375 g/mol. The molecule has 144 valence electrons. The molecule has 1 aliphatic carbocycles. The van der Waals surface area contributed by atoms with E-state index in [-0.39, 0.29) is 17.4 Å². The summed E-state index contributed by atoms with van der Waals surface area (Å²) in [6.45, 7) is 3.78. The van der Waals surface area contributed by atoms with Crippen molar-refractivity contribution in [3.8, 4) is 11.8 Å². The van der Waals surface area contributed by atoms with Crippen LogP contribution in [0.15, 0.2) is 48.2 Å². The number of anilines is 1. The second-order valence-corrected chi connectivity index (χ2v) is 7.27. The molecule has 0 bridgehead atoms. The van der Waals surface area contributed by atoms with E-state index in [9.17, 15) is 15.2 Å². The number of hydrogen-bond acceptors (Lipinski definition) is 4. The number of fused-ring (bicyclic) bond motifs is 1. The SMILES string of the molecule is Cc1ccc(N/C=C(/C#N)C(=O)NC(C)c2ccc3c(c2)CCCC3)c(O)c1. The summed E-state index contributed by atoms with van der Waals surface area (Å²) in [5.74, 6) is -0.386. The molecule has 0 fully saturated rings. The molecule has 5 nitrogen and oxygen atoms in total.